The Kier molecular flexibility index (Phi) is 5.23. The number of hydrogen-bond donors (Lipinski definition) is 0. The summed E-state index contributed by atoms with van der Waals surface area (Å²) in [5.74, 6) is 0.580. The summed E-state index contributed by atoms with van der Waals surface area (Å²) in [7, 11) is 0. The lowest BCUT2D eigenvalue weighted by Gasteiger charge is -2.24. The highest BCUT2D eigenvalue weighted by Crippen LogP contribution is 2.41. The summed E-state index contributed by atoms with van der Waals surface area (Å²) in [5, 5.41) is 0.726. The minimum absolute atomic E-state index is 0.000361. The zero-order valence-corrected chi connectivity index (χ0v) is 18.5. The molecule has 0 saturated carbocycles. The van der Waals surface area contributed by atoms with Gasteiger partial charge in [-0.15, -0.1) is 0 Å². The van der Waals surface area contributed by atoms with E-state index in [4.69, 9.17) is 20.8 Å². The Balaban J connectivity index is 1.76. The summed E-state index contributed by atoms with van der Waals surface area (Å²) >= 11 is 6.14. The van der Waals surface area contributed by atoms with Gasteiger partial charge in [-0.05, 0) is 54.4 Å². The Morgan fingerprint density at radius 1 is 1.18 bits per heavy atom. The van der Waals surface area contributed by atoms with Gasteiger partial charge in [0.25, 0.3) is 5.91 Å². The number of pyridine rings is 1. The van der Waals surface area contributed by atoms with Crippen molar-refractivity contribution >= 4 is 34.3 Å². The third kappa shape index (κ3) is 3.58. The molecule has 1 atom stereocenters. The molecule has 7 heteroatoms. The minimum atomic E-state index is -0.741. The van der Waals surface area contributed by atoms with Crippen LogP contribution in [0.3, 0.4) is 0 Å². The van der Waals surface area contributed by atoms with E-state index >= 15 is 0 Å². The molecule has 4 aromatic rings. The Hall–Kier alpha value is -3.90. The van der Waals surface area contributed by atoms with Crippen LogP contribution in [0.1, 0.15) is 33.3 Å². The second-order valence-electron chi connectivity index (χ2n) is 7.76. The average Bonchev–Trinajstić information content (AvgIpc) is 3.11. The molecule has 2 aromatic carbocycles. The highest BCUT2D eigenvalue weighted by atomic mass is 35.5. The lowest BCUT2D eigenvalue weighted by molar-refractivity contribution is 0.0970. The van der Waals surface area contributed by atoms with Crippen molar-refractivity contribution in [3.05, 3.63) is 111 Å². The predicted octanol–water partition coefficient (Wildman–Crippen LogP) is 5.46. The maximum atomic E-state index is 13.6. The van der Waals surface area contributed by atoms with E-state index in [0.717, 1.165) is 5.56 Å². The zero-order valence-electron chi connectivity index (χ0n) is 17.7. The fourth-order valence-corrected chi connectivity index (χ4v) is 4.20. The van der Waals surface area contributed by atoms with Gasteiger partial charge in [0.1, 0.15) is 23.8 Å². The van der Waals surface area contributed by atoms with Crippen LogP contribution in [0.2, 0.25) is 5.02 Å². The van der Waals surface area contributed by atoms with Crippen molar-refractivity contribution in [1.82, 2.24) is 4.98 Å². The van der Waals surface area contributed by atoms with E-state index in [2.05, 4.69) is 11.6 Å². The lowest BCUT2D eigenvalue weighted by atomic mass is 9.98. The quantitative estimate of drug-likeness (QED) is 0.371. The van der Waals surface area contributed by atoms with Crippen LogP contribution in [0, 0.1) is 6.92 Å². The van der Waals surface area contributed by atoms with Gasteiger partial charge in [0.15, 0.2) is 5.43 Å². The lowest BCUT2D eigenvalue weighted by Crippen LogP contribution is -2.30. The third-order valence-electron chi connectivity index (χ3n) is 5.52. The molecular formula is C26H19ClN2O4. The van der Waals surface area contributed by atoms with Crippen LogP contribution in [-0.2, 0) is 0 Å². The molecule has 0 aliphatic carbocycles. The zero-order chi connectivity index (χ0) is 23.1. The first-order valence-electron chi connectivity index (χ1n) is 10.3. The summed E-state index contributed by atoms with van der Waals surface area (Å²) in [4.78, 5) is 33.1. The first kappa shape index (κ1) is 21.0. The van der Waals surface area contributed by atoms with Crippen LogP contribution in [0.5, 0.6) is 5.75 Å². The maximum absolute atomic E-state index is 13.6. The minimum Gasteiger partial charge on any atom is -0.490 e. The predicted molar refractivity (Wildman–Crippen MR) is 127 cm³/mol. The number of hydrogen-bond acceptors (Lipinski definition) is 5. The van der Waals surface area contributed by atoms with Crippen LogP contribution < -0.4 is 15.1 Å². The largest absolute Gasteiger partial charge is 0.490 e. The molecule has 0 fully saturated rings. The smallest absolute Gasteiger partial charge is 0.296 e. The fraction of sp³-hybridized carbons (Fsp3) is 0.115. The van der Waals surface area contributed by atoms with Crippen molar-refractivity contribution < 1.29 is 13.9 Å². The van der Waals surface area contributed by atoms with Crippen LogP contribution in [-0.4, -0.2) is 17.5 Å². The standard InChI is InChI=1S/C26H19ClN2O4/c1-3-11-32-18-6-4-5-16(12-18)23-22-24(30)19-13-17(27)8-9-20(19)33-25(22)26(31)29(23)21-10-7-15(2)14-28-21/h3-10,12-14,23H,1,11H2,2H3. The van der Waals surface area contributed by atoms with Gasteiger partial charge in [-0.25, -0.2) is 4.98 Å². The number of nitrogens with zero attached hydrogens (tertiary/aromatic N) is 2. The normalized spacial score (nSPS) is 15.0. The van der Waals surface area contributed by atoms with E-state index < -0.39 is 11.9 Å². The molecule has 1 aliphatic rings. The molecule has 33 heavy (non-hydrogen) atoms. The molecule has 1 unspecified atom stereocenters. The molecule has 5 rings (SSSR count). The van der Waals surface area contributed by atoms with Gasteiger partial charge in [0.05, 0.1) is 17.0 Å². The number of aromatic nitrogens is 1. The molecule has 0 bridgehead atoms. The van der Waals surface area contributed by atoms with Crippen molar-refractivity contribution in [3.63, 3.8) is 0 Å². The van der Waals surface area contributed by atoms with Crippen molar-refractivity contribution in [2.24, 2.45) is 0 Å². The van der Waals surface area contributed by atoms with Gasteiger partial charge >= 0.3 is 0 Å². The van der Waals surface area contributed by atoms with Crippen molar-refractivity contribution in [3.8, 4) is 5.75 Å². The SMILES string of the molecule is C=CCOc1cccc(C2c3c(oc4ccc(Cl)cc4c3=O)C(=O)N2c2ccc(C)cn2)c1. The summed E-state index contributed by atoms with van der Waals surface area (Å²) in [6.45, 7) is 5.92. The summed E-state index contributed by atoms with van der Waals surface area (Å²) in [5.41, 5.74) is 1.89. The van der Waals surface area contributed by atoms with Crippen molar-refractivity contribution in [2.75, 3.05) is 11.5 Å². The molecule has 0 radical (unpaired) electrons. The van der Waals surface area contributed by atoms with Crippen LogP contribution in [0.25, 0.3) is 11.0 Å². The van der Waals surface area contributed by atoms with Gasteiger partial charge in [-0.3, -0.25) is 14.5 Å². The van der Waals surface area contributed by atoms with E-state index in [1.54, 1.807) is 42.6 Å². The number of halogens is 1. The molecule has 164 valence electrons. The molecule has 0 saturated heterocycles. The van der Waals surface area contributed by atoms with E-state index in [1.165, 1.54) is 4.90 Å². The first-order chi connectivity index (χ1) is 16.0. The monoisotopic (exact) mass is 458 g/mol. The number of amides is 1. The van der Waals surface area contributed by atoms with Gasteiger partial charge in [0, 0.05) is 11.2 Å². The summed E-state index contributed by atoms with van der Waals surface area (Å²) in [6.07, 6.45) is 3.33. The molecule has 6 nitrogen and oxygen atoms in total. The molecule has 2 aromatic heterocycles. The average molecular weight is 459 g/mol. The highest BCUT2D eigenvalue weighted by molar-refractivity contribution is 6.31. The first-order valence-corrected chi connectivity index (χ1v) is 10.7. The Bertz CT molecular complexity index is 1460. The molecular weight excluding hydrogens is 440 g/mol. The van der Waals surface area contributed by atoms with Crippen LogP contribution in [0.15, 0.2) is 82.7 Å². The van der Waals surface area contributed by atoms with E-state index in [0.29, 0.717) is 39.7 Å². The van der Waals surface area contributed by atoms with Crippen LogP contribution in [0.4, 0.5) is 5.82 Å². The van der Waals surface area contributed by atoms with Gasteiger partial charge in [-0.2, -0.15) is 0 Å². The second kappa shape index (κ2) is 8.22. The Labute approximate surface area is 194 Å². The summed E-state index contributed by atoms with van der Waals surface area (Å²) in [6, 6.07) is 14.9. The van der Waals surface area contributed by atoms with Gasteiger partial charge in [-0.1, -0.05) is 42.5 Å². The molecule has 1 aliphatic heterocycles. The molecule has 1 amide bonds. The topological polar surface area (TPSA) is 72.6 Å². The Morgan fingerprint density at radius 3 is 2.79 bits per heavy atom. The van der Waals surface area contributed by atoms with Crippen molar-refractivity contribution in [1.29, 1.82) is 0 Å². The fourth-order valence-electron chi connectivity index (χ4n) is 4.03. The number of rotatable bonds is 5. The maximum Gasteiger partial charge on any atom is 0.296 e. The number of anilines is 1. The number of fused-ring (bicyclic) bond motifs is 2. The van der Waals surface area contributed by atoms with Gasteiger partial charge < -0.3 is 9.15 Å². The van der Waals surface area contributed by atoms with E-state index in [1.807, 2.05) is 31.2 Å². The second-order valence-corrected chi connectivity index (χ2v) is 8.19. The molecule has 3 heterocycles. The van der Waals surface area contributed by atoms with E-state index in [9.17, 15) is 9.59 Å². The molecule has 0 spiro atoms. The van der Waals surface area contributed by atoms with Crippen LogP contribution >= 0.6 is 11.6 Å². The number of carbonyl (C=O) groups excluding carboxylic acids is 1. The molecule has 0 N–H and O–H groups in total. The number of ether oxygens (including phenoxy) is 1. The third-order valence-corrected chi connectivity index (χ3v) is 5.75. The highest BCUT2D eigenvalue weighted by Gasteiger charge is 2.44. The Morgan fingerprint density at radius 2 is 2.03 bits per heavy atom. The van der Waals surface area contributed by atoms with Gasteiger partial charge in [0.2, 0.25) is 5.76 Å². The number of benzene rings is 2. The van der Waals surface area contributed by atoms with Crippen molar-refractivity contribution in [2.45, 2.75) is 13.0 Å². The number of carbonyl (C=O) groups is 1. The number of aryl methyl sites for hydroxylation is 1. The van der Waals surface area contributed by atoms with E-state index in [-0.39, 0.29) is 16.8 Å². The summed E-state index contributed by atoms with van der Waals surface area (Å²) < 4.78 is 11.6.